The van der Waals surface area contributed by atoms with Crippen molar-refractivity contribution in [1.82, 2.24) is 4.90 Å². The third-order valence-corrected chi connectivity index (χ3v) is 6.13. The first-order chi connectivity index (χ1) is 16.6. The molecule has 0 aliphatic heterocycles. The molecule has 6 nitrogen and oxygen atoms in total. The predicted molar refractivity (Wildman–Crippen MR) is 132 cm³/mol. The van der Waals surface area contributed by atoms with Gasteiger partial charge in [0.2, 0.25) is 0 Å². The summed E-state index contributed by atoms with van der Waals surface area (Å²) < 4.78 is 38.7. The van der Waals surface area contributed by atoms with Crippen LogP contribution in [-0.2, 0) is 11.8 Å². The van der Waals surface area contributed by atoms with Crippen LogP contribution in [0.5, 0.6) is 23.0 Å². The molecule has 2 rings (SSSR count). The van der Waals surface area contributed by atoms with Crippen LogP contribution < -0.4 is 18.9 Å². The van der Waals surface area contributed by atoms with E-state index in [9.17, 15) is 5.26 Å². The normalized spacial score (nSPS) is 14.2. The van der Waals surface area contributed by atoms with Gasteiger partial charge in [0, 0.05) is 9.29 Å². The number of hydrogen-bond acceptors (Lipinski definition) is 6. The maximum atomic E-state index is 10.3. The van der Waals surface area contributed by atoms with E-state index < -0.39 is 11.8 Å². The highest BCUT2D eigenvalue weighted by molar-refractivity contribution is 5.47. The molecule has 0 aliphatic carbocycles. The first-order valence-corrected chi connectivity index (χ1v) is 11.1. The Hall–Kier alpha value is -2.91. The summed E-state index contributed by atoms with van der Waals surface area (Å²) in [5.74, 6) is 2.38. The molecule has 6 heteroatoms. The molecule has 0 spiro atoms. The predicted octanol–water partition coefficient (Wildman–Crippen LogP) is 5.09. The fourth-order valence-corrected chi connectivity index (χ4v) is 4.01. The van der Waals surface area contributed by atoms with Crippen molar-refractivity contribution in [1.29, 1.82) is 5.26 Å². The molecule has 0 saturated heterocycles. The lowest BCUT2D eigenvalue weighted by Crippen LogP contribution is -2.32. The van der Waals surface area contributed by atoms with Crippen LogP contribution in [0.2, 0.25) is 0 Å². The molecule has 1 unspecified atom stereocenters. The summed E-state index contributed by atoms with van der Waals surface area (Å²) in [6.07, 6.45) is -0.207. The smallest absolute Gasteiger partial charge is 0.161 e. The average molecular weight is 457 g/mol. The van der Waals surface area contributed by atoms with Crippen molar-refractivity contribution in [2.45, 2.75) is 38.5 Å². The largest absolute Gasteiger partial charge is 0.493 e. The summed E-state index contributed by atoms with van der Waals surface area (Å²) in [5.41, 5.74) is 0.736. The number of benzene rings is 2. The van der Waals surface area contributed by atoms with Crippen molar-refractivity contribution in [3.8, 4) is 29.1 Å². The Morgan fingerprint density at radius 2 is 1.48 bits per heavy atom. The third-order valence-electron chi connectivity index (χ3n) is 6.13. The third kappa shape index (κ3) is 6.33. The average Bonchev–Trinajstić information content (AvgIpc) is 2.85. The fraction of sp³-hybridized carbons (Fsp3) is 0.519. The minimum atomic E-state index is -1.58. The molecule has 0 bridgehead atoms. The van der Waals surface area contributed by atoms with E-state index in [1.165, 1.54) is 7.11 Å². The minimum Gasteiger partial charge on any atom is -0.493 e. The zero-order valence-electron chi connectivity index (χ0n) is 22.9. The Labute approximate surface area is 201 Å². The van der Waals surface area contributed by atoms with Crippen LogP contribution in [0, 0.1) is 17.2 Å². The van der Waals surface area contributed by atoms with Crippen LogP contribution in [0.4, 0.5) is 0 Å². The summed E-state index contributed by atoms with van der Waals surface area (Å²) in [5, 5.41) is 10.3. The van der Waals surface area contributed by atoms with Gasteiger partial charge in [0.05, 0.1) is 39.9 Å². The molecular weight excluding hydrogens is 416 g/mol. The number of ether oxygens (including phenoxy) is 4. The van der Waals surface area contributed by atoms with Crippen molar-refractivity contribution >= 4 is 0 Å². The molecule has 0 amide bonds. The second-order valence-electron chi connectivity index (χ2n) is 8.40. The summed E-state index contributed by atoms with van der Waals surface area (Å²) in [7, 11) is 8.18. The Bertz CT molecular complexity index is 1020. The quantitative estimate of drug-likeness (QED) is 0.418. The van der Waals surface area contributed by atoms with Gasteiger partial charge in [0.1, 0.15) is 0 Å². The van der Waals surface area contributed by atoms with Gasteiger partial charge in [-0.1, -0.05) is 26.0 Å². The van der Waals surface area contributed by atoms with Crippen LogP contribution in [-0.4, -0.2) is 53.5 Å². The summed E-state index contributed by atoms with van der Waals surface area (Å²) >= 11 is 0. The molecule has 1 atom stereocenters. The summed E-state index contributed by atoms with van der Waals surface area (Å²) in [6, 6.07) is 13.4. The van der Waals surface area contributed by atoms with Crippen LogP contribution >= 0.6 is 0 Å². The highest BCUT2D eigenvalue weighted by Gasteiger charge is 2.36. The maximum absolute atomic E-state index is 10.3. The van der Waals surface area contributed by atoms with Crippen LogP contribution in [0.25, 0.3) is 0 Å². The molecule has 2 aromatic rings. The van der Waals surface area contributed by atoms with E-state index in [2.05, 4.69) is 19.9 Å². The lowest BCUT2D eigenvalue weighted by atomic mass is 9.69. The zero-order chi connectivity index (χ0) is 26.2. The zero-order valence-corrected chi connectivity index (χ0v) is 20.9. The summed E-state index contributed by atoms with van der Waals surface area (Å²) in [6.45, 7) is 4.97. The Morgan fingerprint density at radius 3 is 2.03 bits per heavy atom. The molecule has 0 heterocycles. The van der Waals surface area contributed by atoms with E-state index in [4.69, 9.17) is 21.7 Å². The lowest BCUT2D eigenvalue weighted by Gasteiger charge is -2.32. The van der Waals surface area contributed by atoms with Crippen LogP contribution in [0.3, 0.4) is 0 Å². The van der Waals surface area contributed by atoms with Crippen LogP contribution in [0.15, 0.2) is 36.4 Å². The van der Waals surface area contributed by atoms with Crippen LogP contribution in [0.1, 0.15) is 40.6 Å². The highest BCUT2D eigenvalue weighted by Crippen LogP contribution is 2.40. The van der Waals surface area contributed by atoms with E-state index in [-0.39, 0.29) is 12.5 Å². The highest BCUT2D eigenvalue weighted by atomic mass is 16.5. The van der Waals surface area contributed by atoms with Crippen molar-refractivity contribution in [2.24, 2.45) is 5.92 Å². The molecule has 0 saturated carbocycles. The van der Waals surface area contributed by atoms with Gasteiger partial charge in [0.25, 0.3) is 0 Å². The number of hydrogen-bond donors (Lipinski definition) is 0. The molecule has 0 aromatic heterocycles. The van der Waals surface area contributed by atoms with Crippen molar-refractivity contribution in [2.75, 3.05) is 48.6 Å². The molecule has 0 aliphatic rings. The molecule has 2 aromatic carbocycles. The number of nitrogens with zero attached hydrogens (tertiary/aromatic N) is 2. The topological polar surface area (TPSA) is 64.0 Å². The number of nitriles is 1. The van der Waals surface area contributed by atoms with Crippen molar-refractivity contribution in [3.63, 3.8) is 0 Å². The lowest BCUT2D eigenvalue weighted by molar-refractivity contribution is 0.292. The fourth-order valence-electron chi connectivity index (χ4n) is 4.01. The second kappa shape index (κ2) is 12.4. The molecule has 33 heavy (non-hydrogen) atoms. The van der Waals surface area contributed by atoms with E-state index >= 15 is 0 Å². The molecule has 0 N–H and O–H groups in total. The van der Waals surface area contributed by atoms with Crippen molar-refractivity contribution in [3.05, 3.63) is 47.5 Å². The standard InChI is InChI=1S/C27H38N2O4/c1-20(2)27(19-28,22-10-12-24(31-5)26(18-22)33-7)14-8-15-29(3)16-13-21-9-11-23(30-4)25(17-21)32-6/h9-12,17-18,20H,8,13-16H2,1-7H3/i13D2. The summed E-state index contributed by atoms with van der Waals surface area (Å²) in [4.78, 5) is 1.97. The van der Waals surface area contributed by atoms with E-state index in [1.807, 2.05) is 30.1 Å². The monoisotopic (exact) mass is 456 g/mol. The van der Waals surface area contributed by atoms with Gasteiger partial charge < -0.3 is 23.8 Å². The van der Waals surface area contributed by atoms with Gasteiger partial charge in [-0.15, -0.1) is 0 Å². The van der Waals surface area contributed by atoms with Gasteiger partial charge in [-0.05, 0) is 74.1 Å². The first kappa shape index (κ1) is 23.3. The van der Waals surface area contributed by atoms with Gasteiger partial charge in [-0.2, -0.15) is 5.26 Å². The first-order valence-electron chi connectivity index (χ1n) is 12.1. The Morgan fingerprint density at radius 1 is 0.909 bits per heavy atom. The van der Waals surface area contributed by atoms with E-state index in [0.29, 0.717) is 41.5 Å². The molecule has 180 valence electrons. The Balaban J connectivity index is 2.13. The second-order valence-corrected chi connectivity index (χ2v) is 8.40. The maximum Gasteiger partial charge on any atom is 0.161 e. The van der Waals surface area contributed by atoms with Gasteiger partial charge in [0.15, 0.2) is 23.0 Å². The number of likely N-dealkylation sites (N-methyl/N-ethyl adjacent to an activating group) is 1. The molecule has 0 fully saturated rings. The molecular formula is C27H38N2O4. The van der Waals surface area contributed by atoms with Gasteiger partial charge in [-0.25, -0.2) is 0 Å². The molecule has 0 radical (unpaired) electrons. The van der Waals surface area contributed by atoms with E-state index in [1.54, 1.807) is 39.5 Å². The number of rotatable bonds is 13. The van der Waals surface area contributed by atoms with Gasteiger partial charge in [-0.3, -0.25) is 0 Å². The van der Waals surface area contributed by atoms with Gasteiger partial charge >= 0.3 is 0 Å². The number of methoxy groups -OCH3 is 4. The minimum absolute atomic E-state index is 0.0779. The SMILES string of the molecule is [2H]C([2H])(CN(C)CCCC(C#N)(c1ccc(OC)c(OC)c1)C(C)C)c1ccc(OC)c(OC)c1. The Kier molecular flexibility index (Phi) is 8.71. The van der Waals surface area contributed by atoms with E-state index in [0.717, 1.165) is 12.0 Å². The van der Waals surface area contributed by atoms with Crippen molar-refractivity contribution < 1.29 is 21.7 Å².